The molecule has 1 nitrogen and oxygen atoms in total. The molecule has 17 heavy (non-hydrogen) atoms. The maximum absolute atomic E-state index is 6.30. The number of rotatable bonds is 2. The zero-order chi connectivity index (χ0) is 12.5. The lowest BCUT2D eigenvalue weighted by Crippen LogP contribution is -2.18. The number of hydrogen-bond acceptors (Lipinski definition) is 1. The zero-order valence-electron chi connectivity index (χ0n) is 11.4. The SMILES string of the molecule is CCC(C)(C)c1ccc2c(c1)[C@H](N)CCCC2. The fourth-order valence-corrected chi connectivity index (χ4v) is 2.63. The van der Waals surface area contributed by atoms with Crippen molar-refractivity contribution >= 4 is 0 Å². The van der Waals surface area contributed by atoms with Crippen molar-refractivity contribution in [2.45, 2.75) is 64.3 Å². The van der Waals surface area contributed by atoms with Gasteiger partial charge in [-0.1, -0.05) is 45.4 Å². The van der Waals surface area contributed by atoms with Crippen molar-refractivity contribution in [3.8, 4) is 0 Å². The molecule has 2 N–H and O–H groups in total. The summed E-state index contributed by atoms with van der Waals surface area (Å²) in [5, 5.41) is 0. The Morgan fingerprint density at radius 2 is 2.06 bits per heavy atom. The summed E-state index contributed by atoms with van der Waals surface area (Å²) in [6.07, 6.45) is 6.07. The summed E-state index contributed by atoms with van der Waals surface area (Å²) in [4.78, 5) is 0. The molecule has 0 spiro atoms. The van der Waals surface area contributed by atoms with E-state index >= 15 is 0 Å². The molecule has 1 aliphatic rings. The topological polar surface area (TPSA) is 26.0 Å². The predicted octanol–water partition coefficient (Wildman–Crippen LogP) is 4.10. The van der Waals surface area contributed by atoms with Crippen LogP contribution in [0, 0.1) is 0 Å². The van der Waals surface area contributed by atoms with Gasteiger partial charge in [-0.3, -0.25) is 0 Å². The lowest BCUT2D eigenvalue weighted by Gasteiger charge is -2.25. The second-order valence-corrected chi connectivity index (χ2v) is 6.00. The second-order valence-electron chi connectivity index (χ2n) is 6.00. The van der Waals surface area contributed by atoms with Crippen LogP contribution in [0.25, 0.3) is 0 Å². The number of nitrogens with two attached hydrogens (primary N) is 1. The van der Waals surface area contributed by atoms with Crippen LogP contribution >= 0.6 is 0 Å². The highest BCUT2D eigenvalue weighted by Crippen LogP contribution is 2.33. The Balaban J connectivity index is 2.41. The molecule has 0 saturated heterocycles. The molecule has 2 rings (SSSR count). The van der Waals surface area contributed by atoms with Crippen molar-refractivity contribution in [3.63, 3.8) is 0 Å². The quantitative estimate of drug-likeness (QED) is 0.762. The minimum atomic E-state index is 0.250. The molecule has 0 radical (unpaired) electrons. The molecule has 0 heterocycles. The van der Waals surface area contributed by atoms with Gasteiger partial charge in [0.1, 0.15) is 0 Å². The number of fused-ring (bicyclic) bond motifs is 1. The Morgan fingerprint density at radius 3 is 2.76 bits per heavy atom. The van der Waals surface area contributed by atoms with Gasteiger partial charge < -0.3 is 5.73 Å². The average molecular weight is 231 g/mol. The fourth-order valence-electron chi connectivity index (χ4n) is 2.63. The Bertz CT molecular complexity index is 393. The van der Waals surface area contributed by atoms with Gasteiger partial charge in [0.15, 0.2) is 0 Å². The van der Waals surface area contributed by atoms with Gasteiger partial charge in [-0.05, 0) is 47.8 Å². The predicted molar refractivity (Wildman–Crippen MR) is 74.2 cm³/mol. The van der Waals surface area contributed by atoms with Crippen LogP contribution in [-0.2, 0) is 11.8 Å². The molecule has 1 aromatic carbocycles. The van der Waals surface area contributed by atoms with Crippen LogP contribution in [0.15, 0.2) is 18.2 Å². The smallest absolute Gasteiger partial charge is 0.0297 e. The molecular weight excluding hydrogens is 206 g/mol. The summed E-state index contributed by atoms with van der Waals surface area (Å²) < 4.78 is 0. The normalized spacial score (nSPS) is 20.8. The standard InChI is InChI=1S/C16H25N/c1-4-16(2,3)13-10-9-12-7-5-6-8-15(17)14(12)11-13/h9-11,15H,4-8,17H2,1-3H3/t15-/m1/s1. The molecule has 1 aromatic rings. The van der Waals surface area contributed by atoms with Gasteiger partial charge in [0, 0.05) is 6.04 Å². The number of benzene rings is 1. The van der Waals surface area contributed by atoms with E-state index in [9.17, 15) is 0 Å². The third-order valence-electron chi connectivity index (χ3n) is 4.42. The van der Waals surface area contributed by atoms with E-state index in [1.807, 2.05) is 0 Å². The highest BCUT2D eigenvalue weighted by Gasteiger charge is 2.21. The number of hydrogen-bond donors (Lipinski definition) is 1. The van der Waals surface area contributed by atoms with E-state index in [-0.39, 0.29) is 11.5 Å². The van der Waals surface area contributed by atoms with Crippen LogP contribution in [0.5, 0.6) is 0 Å². The average Bonchev–Trinajstić information content (AvgIpc) is 2.51. The maximum Gasteiger partial charge on any atom is 0.0297 e. The zero-order valence-corrected chi connectivity index (χ0v) is 11.4. The van der Waals surface area contributed by atoms with Gasteiger partial charge in [0.05, 0.1) is 0 Å². The third kappa shape index (κ3) is 2.55. The molecular formula is C16H25N. The van der Waals surface area contributed by atoms with E-state index < -0.39 is 0 Å². The summed E-state index contributed by atoms with van der Waals surface area (Å²) in [6, 6.07) is 7.24. The Hall–Kier alpha value is -0.820. The molecule has 0 saturated carbocycles. The van der Waals surface area contributed by atoms with Crippen LogP contribution in [0.4, 0.5) is 0 Å². The minimum Gasteiger partial charge on any atom is -0.324 e. The number of aryl methyl sites for hydroxylation is 1. The van der Waals surface area contributed by atoms with Gasteiger partial charge in [-0.25, -0.2) is 0 Å². The highest BCUT2D eigenvalue weighted by molar-refractivity contribution is 5.38. The fraction of sp³-hybridized carbons (Fsp3) is 0.625. The van der Waals surface area contributed by atoms with E-state index in [0.717, 1.165) is 6.42 Å². The van der Waals surface area contributed by atoms with E-state index in [1.54, 1.807) is 0 Å². The Kier molecular flexibility index (Phi) is 3.58. The first-order chi connectivity index (χ1) is 8.04. The van der Waals surface area contributed by atoms with E-state index in [0.29, 0.717) is 0 Å². The first-order valence-corrected chi connectivity index (χ1v) is 6.93. The van der Waals surface area contributed by atoms with E-state index in [1.165, 1.54) is 42.4 Å². The molecule has 0 aliphatic heterocycles. The van der Waals surface area contributed by atoms with Crippen molar-refractivity contribution < 1.29 is 0 Å². The van der Waals surface area contributed by atoms with Gasteiger partial charge in [-0.2, -0.15) is 0 Å². The van der Waals surface area contributed by atoms with Crippen molar-refractivity contribution in [1.82, 2.24) is 0 Å². The monoisotopic (exact) mass is 231 g/mol. The lowest BCUT2D eigenvalue weighted by atomic mass is 9.80. The van der Waals surface area contributed by atoms with E-state index in [4.69, 9.17) is 5.73 Å². The summed E-state index contributed by atoms with van der Waals surface area (Å²) in [5.74, 6) is 0. The maximum atomic E-state index is 6.30. The molecule has 0 unspecified atom stereocenters. The Morgan fingerprint density at radius 1 is 1.29 bits per heavy atom. The van der Waals surface area contributed by atoms with Crippen molar-refractivity contribution in [2.75, 3.05) is 0 Å². The first kappa shape index (κ1) is 12.6. The third-order valence-corrected chi connectivity index (χ3v) is 4.42. The molecule has 0 aromatic heterocycles. The van der Waals surface area contributed by atoms with Crippen LogP contribution in [0.2, 0.25) is 0 Å². The van der Waals surface area contributed by atoms with Crippen molar-refractivity contribution in [1.29, 1.82) is 0 Å². The van der Waals surface area contributed by atoms with Crippen LogP contribution in [0.1, 0.15) is 69.2 Å². The largest absolute Gasteiger partial charge is 0.324 e. The first-order valence-electron chi connectivity index (χ1n) is 6.93. The van der Waals surface area contributed by atoms with Crippen LogP contribution in [-0.4, -0.2) is 0 Å². The van der Waals surface area contributed by atoms with Crippen LogP contribution in [0.3, 0.4) is 0 Å². The Labute approximate surface area is 105 Å². The molecule has 1 atom stereocenters. The lowest BCUT2D eigenvalue weighted by molar-refractivity contribution is 0.504. The van der Waals surface area contributed by atoms with Gasteiger partial charge in [-0.15, -0.1) is 0 Å². The highest BCUT2D eigenvalue weighted by atomic mass is 14.6. The van der Waals surface area contributed by atoms with Gasteiger partial charge >= 0.3 is 0 Å². The van der Waals surface area contributed by atoms with Gasteiger partial charge in [0.2, 0.25) is 0 Å². The summed E-state index contributed by atoms with van der Waals surface area (Å²) in [5.41, 5.74) is 10.9. The molecule has 0 bridgehead atoms. The summed E-state index contributed by atoms with van der Waals surface area (Å²) in [6.45, 7) is 6.89. The molecule has 0 amide bonds. The van der Waals surface area contributed by atoms with Crippen molar-refractivity contribution in [3.05, 3.63) is 34.9 Å². The van der Waals surface area contributed by atoms with Crippen molar-refractivity contribution in [2.24, 2.45) is 5.73 Å². The van der Waals surface area contributed by atoms with Crippen LogP contribution < -0.4 is 5.73 Å². The summed E-state index contributed by atoms with van der Waals surface area (Å²) >= 11 is 0. The molecule has 1 aliphatic carbocycles. The minimum absolute atomic E-state index is 0.250. The van der Waals surface area contributed by atoms with E-state index in [2.05, 4.69) is 39.0 Å². The summed E-state index contributed by atoms with van der Waals surface area (Å²) in [7, 11) is 0. The molecule has 0 fully saturated rings. The molecule has 94 valence electrons. The second kappa shape index (κ2) is 4.81. The van der Waals surface area contributed by atoms with Gasteiger partial charge in [0.25, 0.3) is 0 Å². The molecule has 1 heteroatoms.